The average Bonchev–Trinajstić information content (AvgIpc) is 3.27. The molecule has 2 heterocycles. The van der Waals surface area contributed by atoms with Gasteiger partial charge >= 0.3 is 6.09 Å². The molecule has 3 rings (SSSR count). The summed E-state index contributed by atoms with van der Waals surface area (Å²) in [4.78, 5) is 36.9. The fourth-order valence-electron chi connectivity index (χ4n) is 4.20. The van der Waals surface area contributed by atoms with Crippen molar-refractivity contribution in [2.75, 3.05) is 12.4 Å². The van der Waals surface area contributed by atoms with Crippen molar-refractivity contribution in [3.8, 4) is 0 Å². The summed E-state index contributed by atoms with van der Waals surface area (Å²) in [6, 6.07) is 0.368. The number of hydrogen-bond donors (Lipinski definition) is 3. The summed E-state index contributed by atoms with van der Waals surface area (Å²) in [5.41, 5.74) is 0.194. The smallest absolute Gasteiger partial charge is 0.413 e. The molecule has 0 radical (unpaired) electrons. The van der Waals surface area contributed by atoms with Crippen LogP contribution < -0.4 is 16.0 Å². The first-order valence-corrected chi connectivity index (χ1v) is 12.5. The van der Waals surface area contributed by atoms with E-state index in [1.807, 2.05) is 11.8 Å². The summed E-state index contributed by atoms with van der Waals surface area (Å²) in [7, 11) is 0. The third-order valence-corrected chi connectivity index (χ3v) is 9.14. The summed E-state index contributed by atoms with van der Waals surface area (Å²) in [5, 5.41) is 9.80. The van der Waals surface area contributed by atoms with Crippen molar-refractivity contribution >= 4 is 41.4 Å². The van der Waals surface area contributed by atoms with Crippen LogP contribution in [0.4, 0.5) is 4.79 Å². The topological polar surface area (TPSA) is 96.5 Å². The maximum atomic E-state index is 12.9. The van der Waals surface area contributed by atoms with Crippen LogP contribution in [0.3, 0.4) is 0 Å². The number of carbonyl (C=O) groups is 3. The van der Waals surface area contributed by atoms with Gasteiger partial charge in [-0.3, -0.25) is 14.9 Å². The molecule has 7 nitrogen and oxygen atoms in total. The van der Waals surface area contributed by atoms with Crippen molar-refractivity contribution in [2.45, 2.75) is 75.4 Å². The maximum Gasteiger partial charge on any atom is 0.413 e. The largest absolute Gasteiger partial charge is 0.450 e. The fraction of sp³-hybridized carbons (Fsp3) is 0.850. The van der Waals surface area contributed by atoms with Crippen LogP contribution >= 0.6 is 23.5 Å². The van der Waals surface area contributed by atoms with Crippen molar-refractivity contribution in [3.63, 3.8) is 0 Å². The van der Waals surface area contributed by atoms with Gasteiger partial charge in [0.05, 0.1) is 23.3 Å². The highest BCUT2D eigenvalue weighted by Gasteiger charge is 2.45. The molecule has 2 saturated heterocycles. The van der Waals surface area contributed by atoms with Crippen molar-refractivity contribution in [3.05, 3.63) is 0 Å². The van der Waals surface area contributed by atoms with Crippen LogP contribution in [-0.2, 0) is 14.3 Å². The Kier molecular flexibility index (Phi) is 7.43. The van der Waals surface area contributed by atoms with E-state index in [-0.39, 0.29) is 35.1 Å². The van der Waals surface area contributed by atoms with E-state index < -0.39 is 12.0 Å². The highest BCUT2D eigenvalue weighted by atomic mass is 32.2. The molecule has 0 aromatic carbocycles. The van der Waals surface area contributed by atoms with Gasteiger partial charge in [-0.25, -0.2) is 4.79 Å². The molecule has 1 aliphatic carbocycles. The SMILES string of the molecule is CCOC(=O)NC(=O)C1CCSC1NC(=O)C1CCC2SC(C(C)(C)C)NC2C1. The van der Waals surface area contributed by atoms with Crippen LogP contribution in [0.2, 0.25) is 0 Å². The molecule has 1 saturated carbocycles. The van der Waals surface area contributed by atoms with Crippen molar-refractivity contribution in [2.24, 2.45) is 17.3 Å². The van der Waals surface area contributed by atoms with Gasteiger partial charge in [0.1, 0.15) is 0 Å². The summed E-state index contributed by atoms with van der Waals surface area (Å²) >= 11 is 3.59. The maximum absolute atomic E-state index is 12.9. The van der Waals surface area contributed by atoms with Crippen molar-refractivity contribution < 1.29 is 19.1 Å². The second-order valence-electron chi connectivity index (χ2n) is 9.11. The molecule has 29 heavy (non-hydrogen) atoms. The number of carbonyl (C=O) groups excluding carboxylic acids is 3. The zero-order chi connectivity index (χ0) is 21.2. The lowest BCUT2D eigenvalue weighted by atomic mass is 9.84. The molecule has 9 heteroatoms. The normalized spacial score (nSPS) is 34.3. The van der Waals surface area contributed by atoms with Gasteiger partial charge in [0.2, 0.25) is 11.8 Å². The summed E-state index contributed by atoms with van der Waals surface area (Å²) in [6.45, 7) is 8.65. The number of ether oxygens (including phenoxy) is 1. The molecular weight excluding hydrogens is 410 g/mol. The average molecular weight is 444 g/mol. The van der Waals surface area contributed by atoms with E-state index in [2.05, 4.69) is 36.7 Å². The quantitative estimate of drug-likeness (QED) is 0.615. The van der Waals surface area contributed by atoms with Gasteiger partial charge in [-0.2, -0.15) is 0 Å². The Labute approximate surface area is 181 Å². The Hall–Kier alpha value is -0.930. The molecule has 3 N–H and O–H groups in total. The number of amides is 3. The highest BCUT2D eigenvalue weighted by molar-refractivity contribution is 8.00. The van der Waals surface area contributed by atoms with Crippen LogP contribution in [0.15, 0.2) is 0 Å². The second kappa shape index (κ2) is 9.47. The minimum atomic E-state index is -0.726. The molecule has 3 fully saturated rings. The van der Waals surface area contributed by atoms with E-state index in [0.717, 1.165) is 25.0 Å². The minimum Gasteiger partial charge on any atom is -0.450 e. The number of imide groups is 1. The molecule has 0 aromatic heterocycles. The Morgan fingerprint density at radius 1 is 1.14 bits per heavy atom. The van der Waals surface area contributed by atoms with Gasteiger partial charge in [0, 0.05) is 17.2 Å². The monoisotopic (exact) mass is 443 g/mol. The van der Waals surface area contributed by atoms with Crippen LogP contribution in [0.5, 0.6) is 0 Å². The molecule has 0 bridgehead atoms. The zero-order valence-corrected chi connectivity index (χ0v) is 19.3. The lowest BCUT2D eigenvalue weighted by molar-refractivity contribution is -0.127. The highest BCUT2D eigenvalue weighted by Crippen LogP contribution is 2.44. The molecule has 3 amide bonds. The first kappa shape index (κ1) is 22.7. The van der Waals surface area contributed by atoms with Crippen molar-refractivity contribution in [1.29, 1.82) is 0 Å². The molecule has 6 atom stereocenters. The lowest BCUT2D eigenvalue weighted by Gasteiger charge is -2.31. The Balaban J connectivity index is 1.52. The Morgan fingerprint density at radius 3 is 2.59 bits per heavy atom. The van der Waals surface area contributed by atoms with E-state index in [0.29, 0.717) is 23.1 Å². The van der Waals surface area contributed by atoms with Gasteiger partial charge in [-0.15, -0.1) is 23.5 Å². The Bertz CT molecular complexity index is 640. The van der Waals surface area contributed by atoms with Gasteiger partial charge in [0.25, 0.3) is 0 Å². The number of hydrogen-bond acceptors (Lipinski definition) is 7. The molecule has 0 spiro atoms. The fourth-order valence-corrected chi connectivity index (χ4v) is 7.20. The van der Waals surface area contributed by atoms with E-state index in [9.17, 15) is 14.4 Å². The summed E-state index contributed by atoms with van der Waals surface area (Å²) < 4.78 is 4.78. The number of nitrogens with one attached hydrogen (secondary N) is 3. The predicted molar refractivity (Wildman–Crippen MR) is 117 cm³/mol. The molecular formula is C20H33N3O4S2. The zero-order valence-electron chi connectivity index (χ0n) is 17.7. The van der Waals surface area contributed by atoms with Crippen LogP contribution in [0, 0.1) is 17.3 Å². The molecule has 2 aliphatic heterocycles. The van der Waals surface area contributed by atoms with Crippen LogP contribution in [0.25, 0.3) is 0 Å². The molecule has 164 valence electrons. The van der Waals surface area contributed by atoms with Gasteiger partial charge < -0.3 is 15.4 Å². The third kappa shape index (κ3) is 5.61. The number of alkyl carbamates (subject to hydrolysis) is 1. The molecule has 0 aromatic rings. The lowest BCUT2D eigenvalue weighted by Crippen LogP contribution is -2.48. The van der Waals surface area contributed by atoms with E-state index in [1.165, 1.54) is 0 Å². The molecule has 3 aliphatic rings. The predicted octanol–water partition coefficient (Wildman–Crippen LogP) is 2.70. The van der Waals surface area contributed by atoms with Gasteiger partial charge in [0.15, 0.2) is 0 Å². The first-order valence-electron chi connectivity index (χ1n) is 10.5. The van der Waals surface area contributed by atoms with Crippen LogP contribution in [0.1, 0.15) is 53.4 Å². The number of rotatable bonds is 4. The number of thioether (sulfide) groups is 2. The standard InChI is InChI=1S/C20H33N3O4S2/c1-5-27-19(26)23-16(25)12-8-9-28-17(12)22-15(24)11-6-7-14-13(10-11)21-18(29-14)20(2,3)4/h11-14,17-18,21H,5-10H2,1-4H3,(H,22,24)(H,23,25,26). The second-order valence-corrected chi connectivity index (χ2v) is 11.7. The first-order chi connectivity index (χ1) is 13.7. The molecule has 6 unspecified atom stereocenters. The van der Waals surface area contributed by atoms with E-state index >= 15 is 0 Å². The van der Waals surface area contributed by atoms with E-state index in [4.69, 9.17) is 4.74 Å². The van der Waals surface area contributed by atoms with Crippen LogP contribution in [-0.4, -0.2) is 52.3 Å². The Morgan fingerprint density at radius 2 is 1.90 bits per heavy atom. The number of fused-ring (bicyclic) bond motifs is 1. The van der Waals surface area contributed by atoms with Gasteiger partial charge in [-0.05, 0) is 43.8 Å². The van der Waals surface area contributed by atoms with Gasteiger partial charge in [-0.1, -0.05) is 20.8 Å². The summed E-state index contributed by atoms with van der Waals surface area (Å²) in [5.74, 6) is 0.00690. The third-order valence-electron chi connectivity index (χ3n) is 5.83. The van der Waals surface area contributed by atoms with E-state index in [1.54, 1.807) is 18.7 Å². The minimum absolute atomic E-state index is 0.0296. The van der Waals surface area contributed by atoms with Crippen molar-refractivity contribution in [1.82, 2.24) is 16.0 Å². The summed E-state index contributed by atoms with van der Waals surface area (Å²) in [6.07, 6.45) is 2.68.